The summed E-state index contributed by atoms with van der Waals surface area (Å²) in [6, 6.07) is 0. The minimum absolute atomic E-state index is 0.165. The van der Waals surface area contributed by atoms with Crippen LogP contribution in [0.25, 0.3) is 0 Å². The zero-order valence-corrected chi connectivity index (χ0v) is 13.3. The zero-order valence-electron chi connectivity index (χ0n) is 13.3. The Labute approximate surface area is 125 Å². The number of ether oxygens (including phenoxy) is 2. The van der Waals surface area contributed by atoms with Crippen LogP contribution in [0.4, 0.5) is 4.79 Å². The van der Waals surface area contributed by atoms with Crippen molar-refractivity contribution in [1.29, 1.82) is 0 Å². The maximum atomic E-state index is 12.1. The molecule has 0 saturated carbocycles. The Morgan fingerprint density at radius 1 is 1.24 bits per heavy atom. The van der Waals surface area contributed by atoms with Gasteiger partial charge in [-0.3, -0.25) is 9.59 Å². The molecule has 0 aliphatic carbocycles. The Balaban J connectivity index is 2.53. The lowest BCUT2D eigenvalue weighted by Gasteiger charge is -2.33. The van der Waals surface area contributed by atoms with E-state index in [1.54, 1.807) is 32.6 Å². The Kier molecular flexibility index (Phi) is 6.18. The third-order valence-corrected chi connectivity index (χ3v) is 3.15. The maximum absolute atomic E-state index is 12.1. The van der Waals surface area contributed by atoms with Gasteiger partial charge in [0.1, 0.15) is 17.8 Å². The fraction of sp³-hybridized carbons (Fsp3) is 0.800. The van der Waals surface area contributed by atoms with Gasteiger partial charge in [-0.05, 0) is 40.5 Å². The average molecular weight is 299 g/mol. The third kappa shape index (κ3) is 6.14. The molecule has 120 valence electrons. The van der Waals surface area contributed by atoms with E-state index in [2.05, 4.69) is 0 Å². The lowest BCUT2D eigenvalue weighted by atomic mass is 9.92. The van der Waals surface area contributed by atoms with Crippen molar-refractivity contribution in [2.75, 3.05) is 19.7 Å². The first-order valence-electron chi connectivity index (χ1n) is 7.39. The second-order valence-corrected chi connectivity index (χ2v) is 6.21. The van der Waals surface area contributed by atoms with E-state index >= 15 is 0 Å². The molecule has 1 unspecified atom stereocenters. The number of nitrogens with zero attached hydrogens (tertiary/aromatic N) is 1. The maximum Gasteiger partial charge on any atom is 0.410 e. The monoisotopic (exact) mass is 299 g/mol. The molecule has 21 heavy (non-hydrogen) atoms. The zero-order chi connectivity index (χ0) is 16.0. The van der Waals surface area contributed by atoms with Gasteiger partial charge in [0.2, 0.25) is 0 Å². The van der Waals surface area contributed by atoms with Crippen LogP contribution in [0.1, 0.15) is 47.0 Å². The van der Waals surface area contributed by atoms with Crippen LogP contribution in [0, 0.1) is 5.92 Å². The summed E-state index contributed by atoms with van der Waals surface area (Å²) in [6.45, 7) is 8.27. The van der Waals surface area contributed by atoms with Crippen LogP contribution in [-0.2, 0) is 19.1 Å². The summed E-state index contributed by atoms with van der Waals surface area (Å²) in [5.74, 6) is -0.978. The van der Waals surface area contributed by atoms with Crippen molar-refractivity contribution < 1.29 is 23.9 Å². The summed E-state index contributed by atoms with van der Waals surface area (Å²) in [6.07, 6.45) is 0.799. The molecule has 6 nitrogen and oxygen atoms in total. The highest BCUT2D eigenvalue weighted by Gasteiger charge is 2.31. The standard InChI is InChI=1S/C15H25NO5/c1-5-20-13(18)9-12(17)11-7-6-8-16(10-11)14(19)21-15(2,3)4/h11H,5-10H2,1-4H3. The quantitative estimate of drug-likeness (QED) is 0.587. The van der Waals surface area contributed by atoms with Crippen LogP contribution in [0.5, 0.6) is 0 Å². The number of carbonyl (C=O) groups is 3. The van der Waals surface area contributed by atoms with Crippen LogP contribution in [-0.4, -0.2) is 48.0 Å². The van der Waals surface area contributed by atoms with E-state index in [9.17, 15) is 14.4 Å². The molecule has 0 aromatic carbocycles. The van der Waals surface area contributed by atoms with Crippen LogP contribution in [0.2, 0.25) is 0 Å². The molecule has 0 N–H and O–H groups in total. The van der Waals surface area contributed by atoms with Gasteiger partial charge in [-0.15, -0.1) is 0 Å². The molecule has 0 aromatic heterocycles. The van der Waals surface area contributed by atoms with Crippen LogP contribution < -0.4 is 0 Å². The van der Waals surface area contributed by atoms with E-state index in [1.807, 2.05) is 0 Å². The number of carbonyl (C=O) groups excluding carboxylic acids is 3. The fourth-order valence-corrected chi connectivity index (χ4v) is 2.23. The molecular formula is C15H25NO5. The summed E-state index contributed by atoms with van der Waals surface area (Å²) in [5.41, 5.74) is -0.557. The summed E-state index contributed by atoms with van der Waals surface area (Å²) < 4.78 is 10.1. The smallest absolute Gasteiger partial charge is 0.410 e. The lowest BCUT2D eigenvalue weighted by molar-refractivity contribution is -0.146. The molecule has 1 rings (SSSR count). The number of amides is 1. The molecule has 0 spiro atoms. The van der Waals surface area contributed by atoms with Crippen LogP contribution in [0.3, 0.4) is 0 Å². The molecule has 1 atom stereocenters. The number of rotatable bonds is 4. The highest BCUT2D eigenvalue weighted by molar-refractivity contribution is 5.97. The molecule has 1 saturated heterocycles. The predicted octanol–water partition coefficient (Wildman–Crippen LogP) is 2.16. The van der Waals surface area contributed by atoms with Crippen LogP contribution in [0.15, 0.2) is 0 Å². The average Bonchev–Trinajstić information content (AvgIpc) is 2.37. The van der Waals surface area contributed by atoms with E-state index in [0.29, 0.717) is 19.5 Å². The number of ketones is 1. The summed E-state index contributed by atoms with van der Waals surface area (Å²) >= 11 is 0. The topological polar surface area (TPSA) is 72.9 Å². The Morgan fingerprint density at radius 3 is 2.48 bits per heavy atom. The Morgan fingerprint density at radius 2 is 1.90 bits per heavy atom. The number of hydrogen-bond acceptors (Lipinski definition) is 5. The van der Waals surface area contributed by atoms with Crippen LogP contribution >= 0.6 is 0 Å². The molecule has 6 heteroatoms. The van der Waals surface area contributed by atoms with E-state index in [1.165, 1.54) is 0 Å². The van der Waals surface area contributed by atoms with Gasteiger partial charge in [0.15, 0.2) is 0 Å². The van der Waals surface area contributed by atoms with Gasteiger partial charge in [0.25, 0.3) is 0 Å². The molecule has 1 aliphatic rings. The molecule has 1 amide bonds. The molecule has 0 aromatic rings. The first-order chi connectivity index (χ1) is 9.73. The molecule has 1 aliphatic heterocycles. The molecule has 1 heterocycles. The van der Waals surface area contributed by atoms with E-state index < -0.39 is 17.7 Å². The second kappa shape index (κ2) is 7.43. The van der Waals surface area contributed by atoms with Crippen molar-refractivity contribution in [1.82, 2.24) is 4.90 Å². The third-order valence-electron chi connectivity index (χ3n) is 3.15. The van der Waals surface area contributed by atoms with E-state index in [0.717, 1.165) is 6.42 Å². The fourth-order valence-electron chi connectivity index (χ4n) is 2.23. The normalized spacial score (nSPS) is 19.0. The summed E-state index contributed by atoms with van der Waals surface area (Å²) in [4.78, 5) is 37.0. The lowest BCUT2D eigenvalue weighted by Crippen LogP contribution is -2.44. The van der Waals surface area contributed by atoms with Crippen molar-refractivity contribution in [2.24, 2.45) is 5.92 Å². The van der Waals surface area contributed by atoms with Crippen molar-refractivity contribution >= 4 is 17.8 Å². The molecule has 0 bridgehead atoms. The Hall–Kier alpha value is -1.59. The van der Waals surface area contributed by atoms with Gasteiger partial charge in [0, 0.05) is 19.0 Å². The summed E-state index contributed by atoms with van der Waals surface area (Å²) in [5, 5.41) is 0. The number of piperidine rings is 1. The van der Waals surface area contributed by atoms with E-state index in [4.69, 9.17) is 9.47 Å². The summed E-state index contributed by atoms with van der Waals surface area (Å²) in [7, 11) is 0. The van der Waals surface area contributed by atoms with Gasteiger partial charge in [-0.25, -0.2) is 4.79 Å². The first kappa shape index (κ1) is 17.5. The molecule has 0 radical (unpaired) electrons. The highest BCUT2D eigenvalue weighted by Crippen LogP contribution is 2.21. The first-order valence-corrected chi connectivity index (χ1v) is 7.39. The minimum atomic E-state index is -0.557. The second-order valence-electron chi connectivity index (χ2n) is 6.21. The van der Waals surface area contributed by atoms with Crippen molar-refractivity contribution in [3.8, 4) is 0 Å². The number of hydrogen-bond donors (Lipinski definition) is 0. The minimum Gasteiger partial charge on any atom is -0.466 e. The highest BCUT2D eigenvalue weighted by atomic mass is 16.6. The van der Waals surface area contributed by atoms with Crippen molar-refractivity contribution in [2.45, 2.75) is 52.6 Å². The molecule has 1 fully saturated rings. The Bertz CT molecular complexity index is 399. The predicted molar refractivity (Wildman–Crippen MR) is 76.8 cm³/mol. The number of Topliss-reactive ketones (excluding diaryl/α,β-unsaturated/α-hetero) is 1. The van der Waals surface area contributed by atoms with Gasteiger partial charge in [-0.2, -0.15) is 0 Å². The molecular weight excluding hydrogens is 274 g/mol. The number of esters is 1. The van der Waals surface area contributed by atoms with Crippen molar-refractivity contribution in [3.63, 3.8) is 0 Å². The van der Waals surface area contributed by atoms with Gasteiger partial charge < -0.3 is 14.4 Å². The largest absolute Gasteiger partial charge is 0.466 e. The van der Waals surface area contributed by atoms with Gasteiger partial charge >= 0.3 is 12.1 Å². The number of likely N-dealkylation sites (tertiary alicyclic amines) is 1. The van der Waals surface area contributed by atoms with E-state index in [-0.39, 0.29) is 24.7 Å². The van der Waals surface area contributed by atoms with Gasteiger partial charge in [-0.1, -0.05) is 0 Å². The van der Waals surface area contributed by atoms with Crippen molar-refractivity contribution in [3.05, 3.63) is 0 Å². The SMILES string of the molecule is CCOC(=O)CC(=O)C1CCCN(C(=O)OC(C)(C)C)C1. The van der Waals surface area contributed by atoms with Gasteiger partial charge in [0.05, 0.1) is 6.61 Å².